The number of thioether (sulfide) groups is 1. The minimum Gasteiger partial charge on any atom is -0.383 e. The van der Waals surface area contributed by atoms with Crippen LogP contribution in [0.1, 0.15) is 26.2 Å². The minimum absolute atomic E-state index is 0.0856. The maximum atomic E-state index is 13.6. The summed E-state index contributed by atoms with van der Waals surface area (Å²) >= 11 is 2.57. The predicted molar refractivity (Wildman–Crippen MR) is 115 cm³/mol. The van der Waals surface area contributed by atoms with Crippen LogP contribution in [0.15, 0.2) is 23.2 Å². The van der Waals surface area contributed by atoms with E-state index in [1.54, 1.807) is 13.2 Å². The molecule has 158 valence electrons. The third kappa shape index (κ3) is 5.67. The molecule has 1 aromatic carbocycles. The first-order chi connectivity index (χ1) is 14.0. The Bertz CT molecular complexity index is 941. The molecule has 1 aliphatic rings. The first-order valence-electron chi connectivity index (χ1n) is 9.72. The molecule has 1 atom stereocenters. The molecule has 1 aromatic heterocycles. The summed E-state index contributed by atoms with van der Waals surface area (Å²) in [6.45, 7) is 3.86. The van der Waals surface area contributed by atoms with Crippen LogP contribution in [0.4, 0.5) is 4.39 Å². The van der Waals surface area contributed by atoms with Crippen LogP contribution in [-0.2, 0) is 20.9 Å². The van der Waals surface area contributed by atoms with Crippen LogP contribution >= 0.6 is 23.1 Å². The lowest BCUT2D eigenvalue weighted by atomic mass is 10.0. The molecule has 1 unspecified atom stereocenters. The molecule has 1 saturated heterocycles. The van der Waals surface area contributed by atoms with Gasteiger partial charge in [0.1, 0.15) is 5.82 Å². The molecule has 0 radical (unpaired) electrons. The smallest absolute Gasteiger partial charge is 0.258 e. The number of fused-ring (bicyclic) bond motifs is 1. The average Bonchev–Trinajstić information content (AvgIpc) is 3.02. The van der Waals surface area contributed by atoms with Gasteiger partial charge in [-0.1, -0.05) is 11.3 Å². The van der Waals surface area contributed by atoms with E-state index in [0.29, 0.717) is 18.0 Å². The van der Waals surface area contributed by atoms with Crippen molar-refractivity contribution in [2.75, 3.05) is 31.8 Å². The van der Waals surface area contributed by atoms with E-state index >= 15 is 0 Å². The summed E-state index contributed by atoms with van der Waals surface area (Å²) in [5, 5.41) is 0. The van der Waals surface area contributed by atoms with Crippen LogP contribution < -0.4 is 4.80 Å². The second kappa shape index (κ2) is 10.4. The van der Waals surface area contributed by atoms with Gasteiger partial charge in [0.15, 0.2) is 4.80 Å². The fourth-order valence-electron chi connectivity index (χ4n) is 3.45. The number of ether oxygens (including phenoxy) is 1. The summed E-state index contributed by atoms with van der Waals surface area (Å²) in [7, 11) is 1.60. The molecule has 9 heteroatoms. The van der Waals surface area contributed by atoms with Gasteiger partial charge in [0.2, 0.25) is 5.91 Å². The number of hydrogen-bond acceptors (Lipinski definition) is 5. The highest BCUT2D eigenvalue weighted by Crippen LogP contribution is 2.19. The molecule has 1 fully saturated rings. The molecule has 0 bridgehead atoms. The van der Waals surface area contributed by atoms with Crippen LogP contribution in [0.3, 0.4) is 0 Å². The third-order valence-electron chi connectivity index (χ3n) is 4.96. The number of benzene rings is 1. The van der Waals surface area contributed by atoms with Crippen molar-refractivity contribution in [2.24, 2.45) is 4.99 Å². The van der Waals surface area contributed by atoms with Crippen molar-refractivity contribution in [3.05, 3.63) is 28.8 Å². The van der Waals surface area contributed by atoms with E-state index in [0.717, 1.165) is 36.0 Å². The zero-order chi connectivity index (χ0) is 20.8. The molecule has 2 heterocycles. The maximum Gasteiger partial charge on any atom is 0.258 e. The van der Waals surface area contributed by atoms with Crippen molar-refractivity contribution in [3.63, 3.8) is 0 Å². The van der Waals surface area contributed by atoms with Gasteiger partial charge in [0.25, 0.3) is 5.91 Å². The SMILES string of the molecule is COCCn1c(=NC(=O)CSCC(=O)N2CCCCC2C)sc2cc(F)ccc21. The quantitative estimate of drug-likeness (QED) is 0.665. The lowest BCUT2D eigenvalue weighted by Gasteiger charge is -2.33. The van der Waals surface area contributed by atoms with Crippen molar-refractivity contribution in [1.29, 1.82) is 0 Å². The second-order valence-corrected chi connectivity index (χ2v) is 9.07. The minimum atomic E-state index is -0.323. The van der Waals surface area contributed by atoms with Crippen molar-refractivity contribution < 1.29 is 18.7 Å². The summed E-state index contributed by atoms with van der Waals surface area (Å²) in [5.41, 5.74) is 0.821. The van der Waals surface area contributed by atoms with Crippen molar-refractivity contribution in [1.82, 2.24) is 9.47 Å². The van der Waals surface area contributed by atoms with E-state index in [4.69, 9.17) is 4.74 Å². The lowest BCUT2D eigenvalue weighted by Crippen LogP contribution is -2.43. The Kier molecular flexibility index (Phi) is 7.85. The Balaban J connectivity index is 1.66. The van der Waals surface area contributed by atoms with Crippen molar-refractivity contribution >= 4 is 45.1 Å². The molecule has 2 amide bonds. The largest absolute Gasteiger partial charge is 0.383 e. The highest BCUT2D eigenvalue weighted by molar-refractivity contribution is 8.00. The Morgan fingerprint density at radius 3 is 2.93 bits per heavy atom. The number of likely N-dealkylation sites (tertiary alicyclic amines) is 1. The number of thiazole rings is 1. The fourth-order valence-corrected chi connectivity index (χ4v) is 5.23. The average molecular weight is 440 g/mol. The molecule has 0 N–H and O–H groups in total. The third-order valence-corrected chi connectivity index (χ3v) is 6.90. The summed E-state index contributed by atoms with van der Waals surface area (Å²) in [5.74, 6) is -0.111. The molecular weight excluding hydrogens is 413 g/mol. The number of halogens is 1. The highest BCUT2D eigenvalue weighted by Gasteiger charge is 2.22. The zero-order valence-electron chi connectivity index (χ0n) is 16.7. The zero-order valence-corrected chi connectivity index (χ0v) is 18.4. The first-order valence-corrected chi connectivity index (χ1v) is 11.7. The fraction of sp³-hybridized carbons (Fsp3) is 0.550. The first kappa shape index (κ1) is 22.0. The number of carbonyl (C=O) groups excluding carboxylic acids is 2. The number of aromatic nitrogens is 1. The van der Waals surface area contributed by atoms with Gasteiger partial charge in [-0.25, -0.2) is 4.39 Å². The van der Waals surface area contributed by atoms with Gasteiger partial charge >= 0.3 is 0 Å². The molecule has 0 spiro atoms. The number of piperidine rings is 1. The van der Waals surface area contributed by atoms with Gasteiger partial charge < -0.3 is 14.2 Å². The number of carbonyl (C=O) groups is 2. The lowest BCUT2D eigenvalue weighted by molar-refractivity contribution is -0.131. The number of methoxy groups -OCH3 is 1. The van der Waals surface area contributed by atoms with Crippen molar-refractivity contribution in [2.45, 2.75) is 38.8 Å². The highest BCUT2D eigenvalue weighted by atomic mass is 32.2. The maximum absolute atomic E-state index is 13.6. The molecular formula is C20H26FN3O3S2. The molecule has 2 aromatic rings. The van der Waals surface area contributed by atoms with E-state index in [9.17, 15) is 14.0 Å². The number of hydrogen-bond donors (Lipinski definition) is 0. The summed E-state index contributed by atoms with van der Waals surface area (Å²) < 4.78 is 21.3. The van der Waals surface area contributed by atoms with Gasteiger partial charge in [-0.2, -0.15) is 4.99 Å². The topological polar surface area (TPSA) is 63.9 Å². The Labute approximate surface area is 177 Å². The summed E-state index contributed by atoms with van der Waals surface area (Å²) in [6.07, 6.45) is 3.25. The molecule has 29 heavy (non-hydrogen) atoms. The van der Waals surface area contributed by atoms with E-state index in [1.165, 1.54) is 35.2 Å². The van der Waals surface area contributed by atoms with E-state index in [-0.39, 0.29) is 35.2 Å². The van der Waals surface area contributed by atoms with Gasteiger partial charge in [-0.05, 0) is 44.4 Å². The van der Waals surface area contributed by atoms with E-state index in [1.807, 2.05) is 9.47 Å². The number of rotatable bonds is 7. The molecule has 0 saturated carbocycles. The Morgan fingerprint density at radius 1 is 1.34 bits per heavy atom. The normalized spacial score (nSPS) is 17.8. The van der Waals surface area contributed by atoms with Crippen molar-refractivity contribution in [3.8, 4) is 0 Å². The Morgan fingerprint density at radius 2 is 2.17 bits per heavy atom. The van der Waals surface area contributed by atoms with Crippen LogP contribution in [0.5, 0.6) is 0 Å². The van der Waals surface area contributed by atoms with Crippen LogP contribution in [0.25, 0.3) is 10.2 Å². The molecule has 3 rings (SSSR count). The monoisotopic (exact) mass is 439 g/mol. The molecule has 6 nitrogen and oxygen atoms in total. The van der Waals surface area contributed by atoms with Gasteiger partial charge in [0.05, 0.1) is 28.3 Å². The van der Waals surface area contributed by atoms with E-state index < -0.39 is 0 Å². The van der Waals surface area contributed by atoms with Gasteiger partial charge in [-0.3, -0.25) is 9.59 Å². The van der Waals surface area contributed by atoms with Gasteiger partial charge in [0, 0.05) is 26.2 Å². The number of nitrogens with zero attached hydrogens (tertiary/aromatic N) is 3. The van der Waals surface area contributed by atoms with Gasteiger partial charge in [-0.15, -0.1) is 11.8 Å². The predicted octanol–water partition coefficient (Wildman–Crippen LogP) is 3.05. The van der Waals surface area contributed by atoms with E-state index in [2.05, 4.69) is 11.9 Å². The second-order valence-electron chi connectivity index (χ2n) is 7.07. The molecule has 1 aliphatic heterocycles. The summed E-state index contributed by atoms with van der Waals surface area (Å²) in [6, 6.07) is 4.80. The van der Waals surface area contributed by atoms with Crippen LogP contribution in [0, 0.1) is 5.82 Å². The standard InChI is InChI=1S/C20H26FN3O3S2/c1-14-5-3-4-8-23(14)19(26)13-28-12-18(25)22-20-24(9-10-27-2)16-7-6-15(21)11-17(16)29-20/h6-7,11,14H,3-5,8-10,12-13H2,1-2H3. The Hall–Kier alpha value is -1.71. The van der Waals surface area contributed by atoms with Crippen LogP contribution in [-0.4, -0.2) is 59.1 Å². The molecule has 0 aliphatic carbocycles. The summed E-state index contributed by atoms with van der Waals surface area (Å²) in [4.78, 5) is 31.4. The number of amides is 2. The van der Waals surface area contributed by atoms with Crippen LogP contribution in [0.2, 0.25) is 0 Å².